The Bertz CT molecular complexity index is 1090. The van der Waals surface area contributed by atoms with Crippen LogP contribution in [0.1, 0.15) is 26.8 Å². The lowest BCUT2D eigenvalue weighted by molar-refractivity contribution is -0.124. The Hall–Kier alpha value is -3.10. The van der Waals surface area contributed by atoms with Crippen molar-refractivity contribution >= 4 is 34.8 Å². The van der Waals surface area contributed by atoms with Crippen molar-refractivity contribution in [2.75, 3.05) is 19.8 Å². The molecule has 0 saturated heterocycles. The maximum absolute atomic E-state index is 13.3. The summed E-state index contributed by atoms with van der Waals surface area (Å²) < 4.78 is 29.3. The normalized spacial score (nSPS) is 13.4. The van der Waals surface area contributed by atoms with Crippen LogP contribution in [0.4, 0.5) is 4.39 Å². The molecule has 0 radical (unpaired) electrons. The molecule has 3 aromatic rings. The molecule has 1 aliphatic rings. The predicted molar refractivity (Wildman–Crippen MR) is 113 cm³/mol. The van der Waals surface area contributed by atoms with Crippen molar-refractivity contribution in [3.05, 3.63) is 80.8 Å². The Kier molecular flexibility index (Phi) is 6.39. The average molecular weight is 462 g/mol. The standard InChI is InChI=1S/C22H17ClFNO5S/c23-16-10-14(11-17-21(16)29-8-7-28-17)22(27)30-12-19(26)25-20(18-2-1-9-31-18)13-3-5-15(24)6-4-13/h1-6,9-11,20H,7-8,12H2,(H,25,26). The van der Waals surface area contributed by atoms with E-state index in [2.05, 4.69) is 5.32 Å². The van der Waals surface area contributed by atoms with Crippen molar-refractivity contribution in [2.24, 2.45) is 0 Å². The second-order valence-electron chi connectivity index (χ2n) is 6.63. The topological polar surface area (TPSA) is 73.9 Å². The monoisotopic (exact) mass is 461 g/mol. The smallest absolute Gasteiger partial charge is 0.338 e. The number of rotatable bonds is 6. The zero-order chi connectivity index (χ0) is 21.8. The first-order chi connectivity index (χ1) is 15.0. The number of hydrogen-bond donors (Lipinski definition) is 1. The number of amides is 1. The van der Waals surface area contributed by atoms with Crippen LogP contribution in [0.2, 0.25) is 5.02 Å². The lowest BCUT2D eigenvalue weighted by Crippen LogP contribution is -2.32. The van der Waals surface area contributed by atoms with Crippen LogP contribution in [-0.4, -0.2) is 31.7 Å². The molecule has 1 N–H and O–H groups in total. The molecule has 1 atom stereocenters. The quantitative estimate of drug-likeness (QED) is 0.552. The van der Waals surface area contributed by atoms with E-state index >= 15 is 0 Å². The number of thiophene rings is 1. The highest BCUT2D eigenvalue weighted by molar-refractivity contribution is 7.10. The van der Waals surface area contributed by atoms with Gasteiger partial charge in [-0.2, -0.15) is 0 Å². The first kappa shape index (κ1) is 21.1. The second kappa shape index (κ2) is 9.36. The number of esters is 1. The molecule has 2 heterocycles. The summed E-state index contributed by atoms with van der Waals surface area (Å²) in [4.78, 5) is 25.8. The predicted octanol–water partition coefficient (Wildman–Crippen LogP) is 4.37. The number of fused-ring (bicyclic) bond motifs is 1. The van der Waals surface area contributed by atoms with E-state index in [-0.39, 0.29) is 16.4 Å². The second-order valence-corrected chi connectivity index (χ2v) is 8.01. The van der Waals surface area contributed by atoms with Crippen molar-refractivity contribution < 1.29 is 28.2 Å². The molecular weight excluding hydrogens is 445 g/mol. The van der Waals surface area contributed by atoms with Gasteiger partial charge in [0, 0.05) is 4.88 Å². The van der Waals surface area contributed by atoms with Gasteiger partial charge in [0.1, 0.15) is 19.0 Å². The Morgan fingerprint density at radius 1 is 1.16 bits per heavy atom. The van der Waals surface area contributed by atoms with Gasteiger partial charge in [0.2, 0.25) is 0 Å². The first-order valence-electron chi connectivity index (χ1n) is 9.36. The molecule has 0 spiro atoms. The van der Waals surface area contributed by atoms with Gasteiger partial charge in [-0.1, -0.05) is 29.8 Å². The zero-order valence-corrected chi connectivity index (χ0v) is 17.7. The molecule has 1 unspecified atom stereocenters. The van der Waals surface area contributed by atoms with E-state index in [0.29, 0.717) is 30.3 Å². The van der Waals surface area contributed by atoms with Crippen LogP contribution in [0.25, 0.3) is 0 Å². The van der Waals surface area contributed by atoms with Crippen LogP contribution in [-0.2, 0) is 9.53 Å². The molecule has 2 aromatic carbocycles. The van der Waals surface area contributed by atoms with Crippen LogP contribution in [0.3, 0.4) is 0 Å². The van der Waals surface area contributed by atoms with Crippen molar-refractivity contribution in [3.8, 4) is 11.5 Å². The summed E-state index contributed by atoms with van der Waals surface area (Å²) in [6.07, 6.45) is 0. The van der Waals surface area contributed by atoms with E-state index in [4.69, 9.17) is 25.8 Å². The molecule has 9 heteroatoms. The SMILES string of the molecule is O=C(COC(=O)c1cc(Cl)c2c(c1)OCCO2)NC(c1ccc(F)cc1)c1cccs1. The number of benzene rings is 2. The fraction of sp³-hybridized carbons (Fsp3) is 0.182. The highest BCUT2D eigenvalue weighted by Gasteiger charge is 2.22. The molecule has 31 heavy (non-hydrogen) atoms. The van der Waals surface area contributed by atoms with Crippen LogP contribution in [0.5, 0.6) is 11.5 Å². The number of carbonyl (C=O) groups excluding carboxylic acids is 2. The van der Waals surface area contributed by atoms with E-state index in [1.807, 2.05) is 17.5 Å². The summed E-state index contributed by atoms with van der Waals surface area (Å²) in [6.45, 7) is 0.224. The van der Waals surface area contributed by atoms with Crippen molar-refractivity contribution in [3.63, 3.8) is 0 Å². The third-order valence-corrected chi connectivity index (χ3v) is 5.72. The van der Waals surface area contributed by atoms with Crippen LogP contribution in [0.15, 0.2) is 53.9 Å². The molecule has 1 aromatic heterocycles. The maximum Gasteiger partial charge on any atom is 0.338 e. The number of carbonyl (C=O) groups is 2. The van der Waals surface area contributed by atoms with E-state index in [1.165, 1.54) is 35.6 Å². The molecule has 0 fully saturated rings. The molecule has 0 aliphatic carbocycles. The van der Waals surface area contributed by atoms with Gasteiger partial charge in [-0.3, -0.25) is 4.79 Å². The van der Waals surface area contributed by atoms with Crippen molar-refractivity contribution in [2.45, 2.75) is 6.04 Å². The van der Waals surface area contributed by atoms with E-state index < -0.39 is 24.5 Å². The molecule has 1 aliphatic heterocycles. The summed E-state index contributed by atoms with van der Waals surface area (Å²) in [5.41, 5.74) is 0.859. The third-order valence-electron chi connectivity index (χ3n) is 4.50. The van der Waals surface area contributed by atoms with Crippen molar-refractivity contribution in [1.29, 1.82) is 0 Å². The Labute approximate surface area is 186 Å². The Morgan fingerprint density at radius 3 is 2.68 bits per heavy atom. The average Bonchev–Trinajstić information content (AvgIpc) is 3.31. The minimum atomic E-state index is -0.719. The number of nitrogens with one attached hydrogen (secondary N) is 1. The van der Waals surface area contributed by atoms with Gasteiger partial charge in [-0.15, -0.1) is 11.3 Å². The third kappa shape index (κ3) is 4.98. The van der Waals surface area contributed by atoms with Crippen LogP contribution in [0, 0.1) is 5.82 Å². The molecule has 1 amide bonds. The summed E-state index contributed by atoms with van der Waals surface area (Å²) in [5, 5.41) is 4.93. The minimum absolute atomic E-state index is 0.149. The van der Waals surface area contributed by atoms with E-state index in [0.717, 1.165) is 4.88 Å². The number of ether oxygens (including phenoxy) is 3. The molecule has 6 nitrogen and oxygen atoms in total. The highest BCUT2D eigenvalue weighted by atomic mass is 35.5. The van der Waals surface area contributed by atoms with Gasteiger partial charge in [0.05, 0.1) is 16.6 Å². The van der Waals surface area contributed by atoms with Crippen LogP contribution < -0.4 is 14.8 Å². The maximum atomic E-state index is 13.3. The highest BCUT2D eigenvalue weighted by Crippen LogP contribution is 2.38. The van der Waals surface area contributed by atoms with E-state index in [1.54, 1.807) is 12.1 Å². The molecule has 160 valence electrons. The molecular formula is C22H17ClFNO5S. The van der Waals surface area contributed by atoms with Gasteiger partial charge in [-0.05, 0) is 41.3 Å². The number of halogens is 2. The fourth-order valence-corrected chi connectivity index (χ4v) is 4.14. The minimum Gasteiger partial charge on any atom is -0.486 e. The first-order valence-corrected chi connectivity index (χ1v) is 10.6. The molecule has 0 bridgehead atoms. The Morgan fingerprint density at radius 2 is 1.94 bits per heavy atom. The van der Waals surface area contributed by atoms with Gasteiger partial charge in [-0.25, -0.2) is 9.18 Å². The summed E-state index contributed by atoms with van der Waals surface area (Å²) in [6, 6.07) is 12.0. The van der Waals surface area contributed by atoms with Gasteiger partial charge in [0.25, 0.3) is 5.91 Å². The zero-order valence-electron chi connectivity index (χ0n) is 16.1. The lowest BCUT2D eigenvalue weighted by atomic mass is 10.1. The summed E-state index contributed by atoms with van der Waals surface area (Å²) >= 11 is 7.59. The fourth-order valence-electron chi connectivity index (χ4n) is 3.08. The molecule has 0 saturated carbocycles. The largest absolute Gasteiger partial charge is 0.486 e. The number of hydrogen-bond acceptors (Lipinski definition) is 6. The summed E-state index contributed by atoms with van der Waals surface area (Å²) in [7, 11) is 0. The van der Waals surface area contributed by atoms with Gasteiger partial charge in [0.15, 0.2) is 18.1 Å². The van der Waals surface area contributed by atoms with Gasteiger partial charge >= 0.3 is 5.97 Å². The lowest BCUT2D eigenvalue weighted by Gasteiger charge is -2.20. The van der Waals surface area contributed by atoms with Crippen LogP contribution >= 0.6 is 22.9 Å². The summed E-state index contributed by atoms with van der Waals surface area (Å²) in [5.74, 6) is -0.861. The van der Waals surface area contributed by atoms with Crippen molar-refractivity contribution in [1.82, 2.24) is 5.32 Å². The van der Waals surface area contributed by atoms with E-state index in [9.17, 15) is 14.0 Å². The van der Waals surface area contributed by atoms with Gasteiger partial charge < -0.3 is 19.5 Å². The Balaban J connectivity index is 1.42. The molecule has 4 rings (SSSR count).